The second-order valence-corrected chi connectivity index (χ2v) is 6.46. The Labute approximate surface area is 161 Å². The fraction of sp³-hybridized carbons (Fsp3) is 0.316. The van der Waals surface area contributed by atoms with Crippen LogP contribution in [0.2, 0.25) is 0 Å². The van der Waals surface area contributed by atoms with Crippen molar-refractivity contribution in [1.29, 1.82) is 0 Å². The number of aromatic amines is 1. The molecule has 0 fully saturated rings. The van der Waals surface area contributed by atoms with Crippen LogP contribution in [0.4, 0.5) is 0 Å². The summed E-state index contributed by atoms with van der Waals surface area (Å²) in [5.74, 6) is 0.595. The third-order valence-electron chi connectivity index (χ3n) is 4.28. The quantitative estimate of drug-likeness (QED) is 0.601. The maximum absolute atomic E-state index is 12.7. The Kier molecular flexibility index (Phi) is 6.20. The highest BCUT2D eigenvalue weighted by molar-refractivity contribution is 7.71. The Morgan fingerprint density at radius 1 is 1.30 bits per heavy atom. The monoisotopic (exact) mass is 387 g/mol. The average molecular weight is 387 g/mol. The zero-order valence-corrected chi connectivity index (χ0v) is 15.8. The predicted octanol–water partition coefficient (Wildman–Crippen LogP) is 2.72. The Hall–Kier alpha value is -2.71. The number of fused-ring (bicyclic) bond motifs is 1. The highest BCUT2D eigenvalue weighted by Gasteiger charge is 2.16. The molecule has 0 bridgehead atoms. The summed E-state index contributed by atoms with van der Waals surface area (Å²) >= 11 is 5.30. The molecule has 0 radical (unpaired) electrons. The van der Waals surface area contributed by atoms with E-state index in [4.69, 9.17) is 21.4 Å². The van der Waals surface area contributed by atoms with Gasteiger partial charge in [0.15, 0.2) is 4.77 Å². The number of carbonyl (C=O) groups excluding carboxylic acids is 1. The van der Waals surface area contributed by atoms with Crippen LogP contribution >= 0.6 is 12.2 Å². The first-order chi connectivity index (χ1) is 13.1. The molecule has 2 aromatic heterocycles. The van der Waals surface area contributed by atoms with Gasteiger partial charge in [-0.25, -0.2) is 0 Å². The fourth-order valence-electron chi connectivity index (χ4n) is 2.85. The molecule has 3 aromatic rings. The summed E-state index contributed by atoms with van der Waals surface area (Å²) in [5.41, 5.74) is 0.492. The van der Waals surface area contributed by atoms with E-state index in [9.17, 15) is 9.59 Å². The minimum absolute atomic E-state index is 0.0992. The van der Waals surface area contributed by atoms with Crippen LogP contribution < -0.4 is 5.56 Å². The van der Waals surface area contributed by atoms with Gasteiger partial charge in [0.1, 0.15) is 5.76 Å². The fourth-order valence-corrected chi connectivity index (χ4v) is 3.14. The molecule has 0 aliphatic heterocycles. The number of hydrogen-bond acceptors (Lipinski definition) is 5. The summed E-state index contributed by atoms with van der Waals surface area (Å²) in [6.07, 6.45) is 1.72. The number of amides is 1. The van der Waals surface area contributed by atoms with E-state index in [0.717, 1.165) is 0 Å². The van der Waals surface area contributed by atoms with E-state index in [0.29, 0.717) is 41.1 Å². The van der Waals surface area contributed by atoms with Crippen LogP contribution in [-0.4, -0.2) is 40.6 Å². The number of nitrogens with one attached hydrogen (secondary N) is 1. The highest BCUT2D eigenvalue weighted by Crippen LogP contribution is 2.09. The van der Waals surface area contributed by atoms with E-state index >= 15 is 0 Å². The van der Waals surface area contributed by atoms with Gasteiger partial charge >= 0.3 is 0 Å². The van der Waals surface area contributed by atoms with Crippen molar-refractivity contribution in [2.24, 2.45) is 0 Å². The lowest BCUT2D eigenvalue weighted by atomic mass is 10.2. The minimum Gasteiger partial charge on any atom is -0.467 e. The number of carbonyl (C=O) groups is 1. The van der Waals surface area contributed by atoms with Crippen molar-refractivity contribution in [3.63, 3.8) is 0 Å². The van der Waals surface area contributed by atoms with E-state index in [1.54, 1.807) is 42.5 Å². The number of nitrogens with zero attached hydrogens (tertiary/aromatic N) is 2. The van der Waals surface area contributed by atoms with Gasteiger partial charge in [0.05, 0.1) is 30.3 Å². The molecule has 1 N–H and O–H groups in total. The molecule has 1 aromatic carbocycles. The largest absolute Gasteiger partial charge is 0.467 e. The smallest absolute Gasteiger partial charge is 0.262 e. The Bertz CT molecular complexity index is 1020. The van der Waals surface area contributed by atoms with Gasteiger partial charge in [0.2, 0.25) is 5.91 Å². The van der Waals surface area contributed by atoms with Crippen LogP contribution in [0.5, 0.6) is 0 Å². The molecule has 3 rings (SSSR count). The normalized spacial score (nSPS) is 11.0. The van der Waals surface area contributed by atoms with E-state index in [1.165, 1.54) is 4.57 Å². The molecule has 0 aliphatic carbocycles. The Morgan fingerprint density at radius 3 is 2.85 bits per heavy atom. The maximum atomic E-state index is 12.7. The molecule has 0 unspecified atom stereocenters. The number of H-pyrrole nitrogens is 1. The highest BCUT2D eigenvalue weighted by atomic mass is 32.1. The van der Waals surface area contributed by atoms with Crippen molar-refractivity contribution in [2.75, 3.05) is 20.3 Å². The first-order valence-corrected chi connectivity index (χ1v) is 9.02. The molecule has 0 saturated carbocycles. The Morgan fingerprint density at radius 2 is 2.11 bits per heavy atom. The molecule has 0 saturated heterocycles. The van der Waals surface area contributed by atoms with Crippen molar-refractivity contribution in [3.8, 4) is 0 Å². The maximum Gasteiger partial charge on any atom is 0.262 e. The van der Waals surface area contributed by atoms with E-state index in [2.05, 4.69) is 4.98 Å². The second-order valence-electron chi connectivity index (χ2n) is 6.07. The van der Waals surface area contributed by atoms with Gasteiger partial charge in [-0.2, -0.15) is 0 Å². The number of rotatable bonds is 8. The molecule has 8 heteroatoms. The van der Waals surface area contributed by atoms with Crippen molar-refractivity contribution in [3.05, 3.63) is 63.5 Å². The molecule has 0 aliphatic rings. The third-order valence-corrected chi connectivity index (χ3v) is 4.61. The van der Waals surface area contributed by atoms with Gasteiger partial charge in [-0.05, 0) is 36.5 Å². The molecule has 2 heterocycles. The molecular weight excluding hydrogens is 366 g/mol. The number of hydrogen-bond donors (Lipinski definition) is 1. The van der Waals surface area contributed by atoms with Crippen LogP contribution in [0.15, 0.2) is 51.9 Å². The van der Waals surface area contributed by atoms with Gasteiger partial charge in [0, 0.05) is 26.6 Å². The van der Waals surface area contributed by atoms with Crippen molar-refractivity contribution in [2.45, 2.75) is 19.5 Å². The first-order valence-electron chi connectivity index (χ1n) is 8.61. The Balaban J connectivity index is 1.76. The van der Waals surface area contributed by atoms with Gasteiger partial charge in [-0.1, -0.05) is 12.1 Å². The lowest BCUT2D eigenvalue weighted by Crippen LogP contribution is -2.34. The molecule has 1 amide bonds. The average Bonchev–Trinajstić information content (AvgIpc) is 3.18. The molecule has 0 atom stereocenters. The van der Waals surface area contributed by atoms with Crippen molar-refractivity contribution in [1.82, 2.24) is 14.5 Å². The van der Waals surface area contributed by atoms with Crippen LogP contribution in [0.1, 0.15) is 12.2 Å². The first kappa shape index (κ1) is 19.1. The van der Waals surface area contributed by atoms with Crippen LogP contribution in [0, 0.1) is 4.77 Å². The summed E-state index contributed by atoms with van der Waals surface area (Å²) in [6, 6.07) is 10.8. The second kappa shape index (κ2) is 8.79. The van der Waals surface area contributed by atoms with Gasteiger partial charge in [0.25, 0.3) is 5.56 Å². The third kappa shape index (κ3) is 4.53. The van der Waals surface area contributed by atoms with E-state index in [-0.39, 0.29) is 24.4 Å². The summed E-state index contributed by atoms with van der Waals surface area (Å²) < 4.78 is 12.2. The standard InChI is InChI=1S/C19H21N3O4S/c1-25-12-10-21(13-14-5-4-11-26-14)17(23)8-9-22-18(24)15-6-2-3-7-16(15)20-19(22)27/h2-7,11H,8-10,12-13H2,1H3,(H,20,27). The number of ether oxygens (including phenoxy) is 1. The summed E-state index contributed by atoms with van der Waals surface area (Å²) in [6.45, 7) is 1.42. The summed E-state index contributed by atoms with van der Waals surface area (Å²) in [5, 5.41) is 0.547. The topological polar surface area (TPSA) is 80.5 Å². The van der Waals surface area contributed by atoms with Crippen molar-refractivity contribution >= 4 is 29.0 Å². The van der Waals surface area contributed by atoms with Gasteiger partial charge in [-0.3, -0.25) is 14.2 Å². The van der Waals surface area contributed by atoms with Crippen LogP contribution in [0.3, 0.4) is 0 Å². The SMILES string of the molecule is COCCN(Cc1ccco1)C(=O)CCn1c(=S)[nH]c2ccccc2c1=O. The number of para-hydroxylation sites is 1. The summed E-state index contributed by atoms with van der Waals surface area (Å²) in [7, 11) is 1.59. The minimum atomic E-state index is -0.198. The zero-order chi connectivity index (χ0) is 19.2. The van der Waals surface area contributed by atoms with Gasteiger partial charge in [-0.15, -0.1) is 0 Å². The van der Waals surface area contributed by atoms with Crippen LogP contribution in [-0.2, 0) is 22.6 Å². The lowest BCUT2D eigenvalue weighted by molar-refractivity contribution is -0.133. The molecule has 142 valence electrons. The van der Waals surface area contributed by atoms with E-state index in [1.807, 2.05) is 12.1 Å². The lowest BCUT2D eigenvalue weighted by Gasteiger charge is -2.21. The molecule has 7 nitrogen and oxygen atoms in total. The number of benzene rings is 1. The molecule has 27 heavy (non-hydrogen) atoms. The number of furan rings is 1. The predicted molar refractivity (Wildman–Crippen MR) is 104 cm³/mol. The number of aromatic nitrogens is 2. The van der Waals surface area contributed by atoms with Crippen LogP contribution in [0.25, 0.3) is 10.9 Å². The zero-order valence-electron chi connectivity index (χ0n) is 15.0. The van der Waals surface area contributed by atoms with Gasteiger partial charge < -0.3 is 19.0 Å². The number of methoxy groups -OCH3 is 1. The van der Waals surface area contributed by atoms with E-state index < -0.39 is 0 Å². The molecule has 0 spiro atoms. The van der Waals surface area contributed by atoms with Crippen molar-refractivity contribution < 1.29 is 13.9 Å². The summed E-state index contributed by atoms with van der Waals surface area (Å²) in [4.78, 5) is 30.1. The molecular formula is C19H21N3O4S.